The molecule has 0 heterocycles. The van der Waals surface area contributed by atoms with Gasteiger partial charge in [-0.2, -0.15) is 0 Å². The topological polar surface area (TPSA) is 26.3 Å². The maximum absolute atomic E-state index is 11.2. The molecule has 3 heteroatoms. The van der Waals surface area contributed by atoms with Crippen LogP contribution in [0.5, 0.6) is 0 Å². The van der Waals surface area contributed by atoms with E-state index in [1.807, 2.05) is 0 Å². The number of hydrogen-bond acceptors (Lipinski definition) is 2. The molecule has 0 spiro atoms. The van der Waals surface area contributed by atoms with Gasteiger partial charge in [-0.1, -0.05) is 129 Å². The fourth-order valence-electron chi connectivity index (χ4n) is 5.05. The second-order valence-corrected chi connectivity index (χ2v) is 12.6. The summed E-state index contributed by atoms with van der Waals surface area (Å²) in [5, 5.41) is 0. The summed E-state index contributed by atoms with van der Waals surface area (Å²) in [6.45, 7) is 3.25. The third kappa shape index (κ3) is 19.1. The van der Waals surface area contributed by atoms with Crippen LogP contribution >= 0.6 is 0 Å². The van der Waals surface area contributed by atoms with Gasteiger partial charge in [0, 0.05) is 21.7 Å². The third-order valence-corrected chi connectivity index (χ3v) is 9.50. The van der Waals surface area contributed by atoms with Crippen LogP contribution in [0.4, 0.5) is 0 Å². The Hall–Kier alpha value is -0.153. The van der Waals surface area contributed by atoms with E-state index in [9.17, 15) is 4.79 Å². The van der Waals surface area contributed by atoms with Crippen molar-refractivity contribution in [3.05, 3.63) is 0 Å². The summed E-state index contributed by atoms with van der Waals surface area (Å²) < 4.78 is 6.02. The van der Waals surface area contributed by atoms with E-state index in [-0.39, 0.29) is 9.52 Å². The van der Waals surface area contributed by atoms with Crippen molar-refractivity contribution < 1.29 is 9.53 Å². The van der Waals surface area contributed by atoms with Crippen molar-refractivity contribution >= 4 is 15.8 Å². The maximum atomic E-state index is 11.2. The Morgan fingerprint density at radius 2 is 1.26 bits per heavy atom. The van der Waals surface area contributed by atoms with Crippen LogP contribution in [-0.2, 0) is 9.53 Å². The van der Waals surface area contributed by atoms with Crippen molar-refractivity contribution in [3.63, 3.8) is 0 Å². The van der Waals surface area contributed by atoms with Crippen molar-refractivity contribution in [2.45, 2.75) is 166 Å². The maximum Gasteiger partial charge on any atom is 0.119 e. The Morgan fingerprint density at radius 1 is 0.742 bits per heavy atom. The highest BCUT2D eigenvalue weighted by Crippen LogP contribution is 2.21. The molecule has 1 saturated carbocycles. The molecule has 0 aromatic carbocycles. The van der Waals surface area contributed by atoms with Crippen LogP contribution in [0.15, 0.2) is 0 Å². The van der Waals surface area contributed by atoms with Crippen LogP contribution in [-0.4, -0.2) is 28.5 Å². The summed E-state index contributed by atoms with van der Waals surface area (Å²) in [6.07, 6.45) is 32.0. The highest BCUT2D eigenvalue weighted by molar-refractivity contribution is 6.42. The summed E-state index contributed by atoms with van der Waals surface area (Å²) >= 11 is 0. The summed E-state index contributed by atoms with van der Waals surface area (Å²) in [6, 6.07) is 1.37. The molecule has 1 aliphatic rings. The zero-order valence-electron chi connectivity index (χ0n) is 21.2. The largest absolute Gasteiger partial charge is 0.378 e. The first-order valence-corrected chi connectivity index (χ1v) is 16.3. The predicted molar refractivity (Wildman–Crippen MR) is 140 cm³/mol. The molecule has 1 aliphatic carbocycles. The van der Waals surface area contributed by atoms with Gasteiger partial charge in [-0.05, 0) is 25.7 Å². The average molecular weight is 453 g/mol. The minimum absolute atomic E-state index is 0.129. The van der Waals surface area contributed by atoms with Crippen LogP contribution in [0, 0.1) is 0 Å². The number of hydrogen-bond donors (Lipinski definition) is 0. The van der Waals surface area contributed by atoms with Crippen molar-refractivity contribution in [3.8, 4) is 0 Å². The Balaban J connectivity index is 1.70. The van der Waals surface area contributed by atoms with E-state index in [2.05, 4.69) is 6.92 Å². The zero-order valence-corrected chi connectivity index (χ0v) is 22.6. The van der Waals surface area contributed by atoms with Crippen molar-refractivity contribution in [2.75, 3.05) is 6.61 Å². The van der Waals surface area contributed by atoms with E-state index >= 15 is 0 Å². The fourth-order valence-corrected chi connectivity index (χ4v) is 7.08. The fraction of sp³-hybridized carbons (Fsp3) is 0.964. The SMILES string of the molecule is CCCC[SiH2]C(C=O)CCCCCCCCCCCCCCCCOC1CCCCC1. The first kappa shape index (κ1) is 28.9. The molecule has 0 bridgehead atoms. The molecule has 184 valence electrons. The van der Waals surface area contributed by atoms with Crippen LogP contribution in [0.1, 0.15) is 148 Å². The van der Waals surface area contributed by atoms with Gasteiger partial charge >= 0.3 is 0 Å². The minimum Gasteiger partial charge on any atom is -0.378 e. The minimum atomic E-state index is -0.129. The quantitative estimate of drug-likeness (QED) is 0.0881. The number of aldehydes is 1. The molecule has 0 aromatic heterocycles. The Morgan fingerprint density at radius 3 is 1.77 bits per heavy atom. The van der Waals surface area contributed by atoms with Gasteiger partial charge < -0.3 is 9.53 Å². The van der Waals surface area contributed by atoms with Gasteiger partial charge in [0.05, 0.1) is 6.10 Å². The summed E-state index contributed by atoms with van der Waals surface area (Å²) in [5.41, 5.74) is 0.474. The van der Waals surface area contributed by atoms with Gasteiger partial charge in [0.2, 0.25) is 0 Å². The number of rotatable bonds is 23. The van der Waals surface area contributed by atoms with E-state index in [4.69, 9.17) is 4.74 Å². The van der Waals surface area contributed by atoms with E-state index in [0.717, 1.165) is 6.61 Å². The first-order valence-electron chi connectivity index (χ1n) is 14.4. The molecule has 0 aliphatic heterocycles. The highest BCUT2D eigenvalue weighted by atomic mass is 28.2. The Bertz CT molecular complexity index is 368. The van der Waals surface area contributed by atoms with Gasteiger partial charge in [-0.25, -0.2) is 0 Å². The molecule has 1 rings (SSSR count). The molecule has 0 radical (unpaired) electrons. The second-order valence-electron chi connectivity index (χ2n) is 10.3. The Labute approximate surface area is 197 Å². The molecule has 1 fully saturated rings. The molecule has 0 saturated heterocycles. The smallest absolute Gasteiger partial charge is 0.119 e. The molecule has 2 nitrogen and oxygen atoms in total. The van der Waals surface area contributed by atoms with E-state index in [0.29, 0.717) is 11.6 Å². The molecular weight excluding hydrogens is 396 g/mol. The molecule has 0 amide bonds. The van der Waals surface area contributed by atoms with Gasteiger partial charge in [0.15, 0.2) is 0 Å². The van der Waals surface area contributed by atoms with E-state index in [1.165, 1.54) is 154 Å². The normalized spacial score (nSPS) is 16.3. The summed E-state index contributed by atoms with van der Waals surface area (Å²) in [5.74, 6) is 0. The lowest BCUT2D eigenvalue weighted by molar-refractivity contribution is -0.107. The third-order valence-electron chi connectivity index (χ3n) is 7.25. The predicted octanol–water partition coefficient (Wildman–Crippen LogP) is 8.56. The van der Waals surface area contributed by atoms with E-state index in [1.54, 1.807) is 0 Å². The lowest BCUT2D eigenvalue weighted by Crippen LogP contribution is -2.17. The number of unbranched alkanes of at least 4 members (excludes halogenated alkanes) is 14. The molecule has 0 aromatic rings. The average Bonchev–Trinajstić information content (AvgIpc) is 2.80. The number of ether oxygens (including phenoxy) is 1. The molecule has 31 heavy (non-hydrogen) atoms. The first-order chi connectivity index (χ1) is 15.4. The van der Waals surface area contributed by atoms with Crippen LogP contribution in [0.2, 0.25) is 11.6 Å². The molecule has 1 atom stereocenters. The Kier molecular flexibility index (Phi) is 21.4. The summed E-state index contributed by atoms with van der Waals surface area (Å²) in [4.78, 5) is 11.2. The molecule has 1 unspecified atom stereocenters. The highest BCUT2D eigenvalue weighted by Gasteiger charge is 2.12. The number of carbonyl (C=O) groups excluding carboxylic acids is 1. The lowest BCUT2D eigenvalue weighted by Gasteiger charge is -2.21. The summed E-state index contributed by atoms with van der Waals surface area (Å²) in [7, 11) is -0.129. The van der Waals surface area contributed by atoms with Crippen LogP contribution < -0.4 is 0 Å². The molecular formula is C28H56O2Si. The standard InChI is InChI=1S/C28H56O2Si/c1-2-3-25-31-28(26-29)23-19-14-12-10-8-6-4-5-7-9-11-13-15-20-24-30-27-21-17-16-18-22-27/h26-28H,2-25,31H2,1H3. The second kappa shape index (κ2) is 23.0. The van der Waals surface area contributed by atoms with E-state index < -0.39 is 0 Å². The van der Waals surface area contributed by atoms with Crippen molar-refractivity contribution in [1.82, 2.24) is 0 Å². The van der Waals surface area contributed by atoms with Crippen molar-refractivity contribution in [2.24, 2.45) is 0 Å². The van der Waals surface area contributed by atoms with Gasteiger partial charge in [0.25, 0.3) is 0 Å². The van der Waals surface area contributed by atoms with Gasteiger partial charge in [0.1, 0.15) is 6.29 Å². The van der Waals surface area contributed by atoms with Gasteiger partial charge in [-0.3, -0.25) is 0 Å². The monoisotopic (exact) mass is 452 g/mol. The number of carbonyl (C=O) groups is 1. The van der Waals surface area contributed by atoms with Crippen molar-refractivity contribution in [1.29, 1.82) is 0 Å². The van der Waals surface area contributed by atoms with Crippen LogP contribution in [0.25, 0.3) is 0 Å². The lowest BCUT2D eigenvalue weighted by atomic mass is 9.98. The van der Waals surface area contributed by atoms with Gasteiger partial charge in [-0.15, -0.1) is 0 Å². The van der Waals surface area contributed by atoms with Crippen LogP contribution in [0.3, 0.4) is 0 Å². The zero-order chi connectivity index (χ0) is 22.2. The molecule has 0 N–H and O–H groups in total.